The molecular formula is C15H25NO. The van der Waals surface area contributed by atoms with E-state index >= 15 is 0 Å². The fraction of sp³-hybridized carbons (Fsp3) is 0.600. The summed E-state index contributed by atoms with van der Waals surface area (Å²) in [6.45, 7) is 7.57. The van der Waals surface area contributed by atoms with Crippen LogP contribution in [0.4, 0.5) is 0 Å². The second kappa shape index (κ2) is 6.77. The van der Waals surface area contributed by atoms with Crippen LogP contribution in [-0.2, 0) is 0 Å². The van der Waals surface area contributed by atoms with Crippen LogP contribution in [0, 0.1) is 5.92 Å². The summed E-state index contributed by atoms with van der Waals surface area (Å²) in [6.07, 6.45) is 0.760. The lowest BCUT2D eigenvalue weighted by molar-refractivity contribution is 0.0703. The minimum Gasteiger partial charge on any atom is -0.387 e. The van der Waals surface area contributed by atoms with Gasteiger partial charge in [-0.15, -0.1) is 0 Å². The molecule has 0 fully saturated rings. The Morgan fingerprint density at radius 2 is 1.71 bits per heavy atom. The molecule has 17 heavy (non-hydrogen) atoms. The molecule has 0 saturated heterocycles. The molecule has 96 valence electrons. The first-order chi connectivity index (χ1) is 8.02. The average Bonchev–Trinajstić information content (AvgIpc) is 2.35. The zero-order chi connectivity index (χ0) is 12.8. The van der Waals surface area contributed by atoms with Crippen molar-refractivity contribution in [3.63, 3.8) is 0 Å². The fourth-order valence-electron chi connectivity index (χ4n) is 1.84. The van der Waals surface area contributed by atoms with Crippen LogP contribution in [0.5, 0.6) is 0 Å². The highest BCUT2D eigenvalue weighted by atomic mass is 16.3. The Labute approximate surface area is 105 Å². The molecule has 0 aliphatic heterocycles. The van der Waals surface area contributed by atoms with Crippen LogP contribution in [-0.4, -0.2) is 29.6 Å². The van der Waals surface area contributed by atoms with Crippen LogP contribution < -0.4 is 0 Å². The average molecular weight is 235 g/mol. The summed E-state index contributed by atoms with van der Waals surface area (Å²) in [6, 6.07) is 10.0. The van der Waals surface area contributed by atoms with Crippen LogP contribution in [0.2, 0.25) is 0 Å². The fourth-order valence-corrected chi connectivity index (χ4v) is 1.84. The molecule has 0 aliphatic rings. The number of hydrogen-bond acceptors (Lipinski definition) is 2. The van der Waals surface area contributed by atoms with Crippen molar-refractivity contribution in [3.8, 4) is 0 Å². The Morgan fingerprint density at radius 1 is 1.12 bits per heavy atom. The monoisotopic (exact) mass is 235 g/mol. The van der Waals surface area contributed by atoms with Gasteiger partial charge in [0.25, 0.3) is 0 Å². The standard InChI is InChI=1S/C15H25NO/c1-12(2)10-11-16(4)13(3)15(17)14-8-6-5-7-9-14/h5-9,12-13,15,17H,10-11H2,1-4H3. The number of benzene rings is 1. The van der Waals surface area contributed by atoms with Crippen molar-refractivity contribution in [1.29, 1.82) is 0 Å². The number of rotatable bonds is 6. The molecule has 1 aromatic rings. The Morgan fingerprint density at radius 3 is 2.24 bits per heavy atom. The quantitative estimate of drug-likeness (QED) is 0.819. The molecule has 2 nitrogen and oxygen atoms in total. The lowest BCUT2D eigenvalue weighted by Crippen LogP contribution is -2.35. The normalized spacial score (nSPS) is 15.2. The SMILES string of the molecule is CC(C)CCN(C)C(C)C(O)c1ccccc1. The maximum Gasteiger partial charge on any atom is 0.0942 e. The van der Waals surface area contributed by atoms with Crippen molar-refractivity contribution in [3.05, 3.63) is 35.9 Å². The van der Waals surface area contributed by atoms with Gasteiger partial charge in [-0.3, -0.25) is 0 Å². The van der Waals surface area contributed by atoms with Crippen LogP contribution >= 0.6 is 0 Å². The zero-order valence-electron chi connectivity index (χ0n) is 11.4. The molecule has 0 spiro atoms. The number of aliphatic hydroxyl groups is 1. The highest BCUT2D eigenvalue weighted by Gasteiger charge is 2.19. The molecule has 0 aliphatic carbocycles. The van der Waals surface area contributed by atoms with Crippen LogP contribution in [0.1, 0.15) is 38.9 Å². The molecule has 2 atom stereocenters. The zero-order valence-corrected chi connectivity index (χ0v) is 11.4. The second-order valence-corrected chi connectivity index (χ2v) is 5.26. The highest BCUT2D eigenvalue weighted by molar-refractivity contribution is 5.18. The van der Waals surface area contributed by atoms with E-state index in [9.17, 15) is 5.11 Å². The van der Waals surface area contributed by atoms with E-state index in [1.807, 2.05) is 30.3 Å². The molecule has 1 aromatic carbocycles. The minimum atomic E-state index is -0.409. The van der Waals surface area contributed by atoms with E-state index in [2.05, 4.69) is 32.7 Å². The summed E-state index contributed by atoms with van der Waals surface area (Å²) < 4.78 is 0. The van der Waals surface area contributed by atoms with Gasteiger partial charge in [0.15, 0.2) is 0 Å². The number of hydrogen-bond donors (Lipinski definition) is 1. The second-order valence-electron chi connectivity index (χ2n) is 5.26. The molecule has 2 heteroatoms. The number of nitrogens with zero attached hydrogens (tertiary/aromatic N) is 1. The molecule has 1 N–H and O–H groups in total. The number of aliphatic hydroxyl groups excluding tert-OH is 1. The smallest absolute Gasteiger partial charge is 0.0942 e. The summed E-state index contributed by atoms with van der Waals surface area (Å²) in [5.74, 6) is 0.707. The van der Waals surface area contributed by atoms with Crippen molar-refractivity contribution < 1.29 is 5.11 Å². The first-order valence-electron chi connectivity index (χ1n) is 6.45. The van der Waals surface area contributed by atoms with Gasteiger partial charge in [-0.1, -0.05) is 44.2 Å². The molecular weight excluding hydrogens is 210 g/mol. The summed E-state index contributed by atoms with van der Waals surface area (Å²) in [4.78, 5) is 2.23. The Kier molecular flexibility index (Phi) is 5.66. The molecule has 1 rings (SSSR count). The maximum absolute atomic E-state index is 10.3. The molecule has 2 unspecified atom stereocenters. The van der Waals surface area contributed by atoms with Gasteiger partial charge in [-0.05, 0) is 38.4 Å². The van der Waals surface area contributed by atoms with E-state index < -0.39 is 6.10 Å². The van der Waals surface area contributed by atoms with Crippen molar-refractivity contribution in [1.82, 2.24) is 4.90 Å². The molecule has 0 saturated carbocycles. The first-order valence-corrected chi connectivity index (χ1v) is 6.45. The Hall–Kier alpha value is -0.860. The largest absolute Gasteiger partial charge is 0.387 e. The van der Waals surface area contributed by atoms with E-state index in [-0.39, 0.29) is 6.04 Å². The van der Waals surface area contributed by atoms with E-state index in [1.165, 1.54) is 6.42 Å². The van der Waals surface area contributed by atoms with Gasteiger partial charge in [0.2, 0.25) is 0 Å². The Balaban J connectivity index is 2.54. The number of likely N-dealkylation sites (N-methyl/N-ethyl adjacent to an activating group) is 1. The molecule has 0 heterocycles. The summed E-state index contributed by atoms with van der Waals surface area (Å²) >= 11 is 0. The lowest BCUT2D eigenvalue weighted by Gasteiger charge is -2.29. The van der Waals surface area contributed by atoms with Gasteiger partial charge in [0, 0.05) is 6.04 Å². The molecule has 0 radical (unpaired) electrons. The highest BCUT2D eigenvalue weighted by Crippen LogP contribution is 2.20. The Bertz CT molecular complexity index is 310. The summed E-state index contributed by atoms with van der Waals surface area (Å²) in [5.41, 5.74) is 0.997. The van der Waals surface area contributed by atoms with Crippen LogP contribution in [0.25, 0.3) is 0 Å². The topological polar surface area (TPSA) is 23.5 Å². The molecule has 0 amide bonds. The van der Waals surface area contributed by atoms with Gasteiger partial charge in [-0.25, -0.2) is 0 Å². The predicted molar refractivity (Wildman–Crippen MR) is 72.9 cm³/mol. The van der Waals surface area contributed by atoms with Gasteiger partial charge in [0.05, 0.1) is 6.10 Å². The van der Waals surface area contributed by atoms with E-state index in [1.54, 1.807) is 0 Å². The lowest BCUT2D eigenvalue weighted by atomic mass is 10.0. The third-order valence-electron chi connectivity index (χ3n) is 3.35. The van der Waals surface area contributed by atoms with Crippen molar-refractivity contribution >= 4 is 0 Å². The maximum atomic E-state index is 10.3. The van der Waals surface area contributed by atoms with E-state index in [0.717, 1.165) is 12.1 Å². The van der Waals surface area contributed by atoms with Crippen LogP contribution in [0.3, 0.4) is 0 Å². The van der Waals surface area contributed by atoms with E-state index in [0.29, 0.717) is 5.92 Å². The molecule has 0 bridgehead atoms. The predicted octanol–water partition coefficient (Wildman–Crippen LogP) is 3.09. The van der Waals surface area contributed by atoms with Gasteiger partial charge in [-0.2, -0.15) is 0 Å². The van der Waals surface area contributed by atoms with Gasteiger partial charge >= 0.3 is 0 Å². The molecule has 0 aromatic heterocycles. The summed E-state index contributed by atoms with van der Waals surface area (Å²) in [7, 11) is 2.08. The van der Waals surface area contributed by atoms with Crippen molar-refractivity contribution in [2.45, 2.75) is 39.3 Å². The minimum absolute atomic E-state index is 0.149. The van der Waals surface area contributed by atoms with Crippen LogP contribution in [0.15, 0.2) is 30.3 Å². The van der Waals surface area contributed by atoms with Crippen molar-refractivity contribution in [2.75, 3.05) is 13.6 Å². The van der Waals surface area contributed by atoms with E-state index in [4.69, 9.17) is 0 Å². The summed E-state index contributed by atoms with van der Waals surface area (Å²) in [5, 5.41) is 10.3. The van der Waals surface area contributed by atoms with Crippen molar-refractivity contribution in [2.24, 2.45) is 5.92 Å². The third-order valence-corrected chi connectivity index (χ3v) is 3.35. The van der Waals surface area contributed by atoms with Gasteiger partial charge < -0.3 is 10.0 Å². The third kappa shape index (κ3) is 4.49. The first kappa shape index (κ1) is 14.2. The van der Waals surface area contributed by atoms with Gasteiger partial charge in [0.1, 0.15) is 0 Å².